The Morgan fingerprint density at radius 2 is 1.96 bits per heavy atom. The number of carbonyl (C=O) groups excluding carboxylic acids is 1. The molecule has 25 heavy (non-hydrogen) atoms. The van der Waals surface area contributed by atoms with Crippen LogP contribution in [0.25, 0.3) is 6.08 Å². The fraction of sp³-hybridized carbons (Fsp3) is 0.167. The van der Waals surface area contributed by atoms with E-state index in [-0.39, 0.29) is 11.7 Å². The van der Waals surface area contributed by atoms with Gasteiger partial charge >= 0.3 is 0 Å². The van der Waals surface area contributed by atoms with Crippen molar-refractivity contribution >= 4 is 27.7 Å². The van der Waals surface area contributed by atoms with E-state index in [0.29, 0.717) is 17.9 Å². The lowest BCUT2D eigenvalue weighted by atomic mass is 10.1. The maximum atomic E-state index is 12.0. The third-order valence-electron chi connectivity index (χ3n) is 3.73. The van der Waals surface area contributed by atoms with Gasteiger partial charge in [-0.25, -0.2) is 13.6 Å². The molecule has 0 aromatic heterocycles. The average molecular weight is 358 g/mol. The lowest BCUT2D eigenvalue weighted by Gasteiger charge is -2.04. The fourth-order valence-electron chi connectivity index (χ4n) is 2.58. The predicted molar refractivity (Wildman–Crippen MR) is 96.6 cm³/mol. The van der Waals surface area contributed by atoms with E-state index in [1.807, 2.05) is 18.2 Å². The van der Waals surface area contributed by atoms with Crippen LogP contribution in [-0.2, 0) is 27.0 Å². The summed E-state index contributed by atoms with van der Waals surface area (Å²) in [6.07, 6.45) is 4.08. The average Bonchev–Trinajstić information content (AvgIpc) is 3.01. The monoisotopic (exact) mass is 358 g/mol. The third-order valence-corrected chi connectivity index (χ3v) is 4.47. The number of hydrogen-bond acceptors (Lipinski definition) is 4. The molecule has 0 radical (unpaired) electrons. The van der Waals surface area contributed by atoms with Gasteiger partial charge in [0.1, 0.15) is 5.75 Å². The molecule has 0 fully saturated rings. The largest absolute Gasteiger partial charge is 0.493 e. The van der Waals surface area contributed by atoms with Crippen LogP contribution in [0.2, 0.25) is 0 Å². The quantitative estimate of drug-likeness (QED) is 0.799. The second-order valence-corrected chi connectivity index (χ2v) is 7.41. The molecule has 6 nitrogen and oxygen atoms in total. The number of nitrogens with two attached hydrogens (primary N) is 1. The van der Waals surface area contributed by atoms with Crippen molar-refractivity contribution in [1.82, 2.24) is 0 Å². The summed E-state index contributed by atoms with van der Waals surface area (Å²) in [5.74, 6) is 0.403. The minimum atomic E-state index is -3.56. The maximum Gasteiger partial charge on any atom is 0.248 e. The van der Waals surface area contributed by atoms with Crippen molar-refractivity contribution in [3.05, 3.63) is 65.2 Å². The first kappa shape index (κ1) is 17.2. The molecule has 0 saturated heterocycles. The molecule has 7 heteroatoms. The summed E-state index contributed by atoms with van der Waals surface area (Å²) in [5.41, 5.74) is 3.22. The molecule has 2 aromatic rings. The summed E-state index contributed by atoms with van der Waals surface area (Å²) in [4.78, 5) is 12.0. The summed E-state index contributed by atoms with van der Waals surface area (Å²) in [6, 6.07) is 12.3. The highest BCUT2D eigenvalue weighted by molar-refractivity contribution is 7.88. The highest BCUT2D eigenvalue weighted by Crippen LogP contribution is 2.26. The zero-order chi connectivity index (χ0) is 17.9. The molecule has 0 spiro atoms. The van der Waals surface area contributed by atoms with E-state index < -0.39 is 10.0 Å². The van der Waals surface area contributed by atoms with Crippen molar-refractivity contribution in [2.45, 2.75) is 12.2 Å². The predicted octanol–water partition coefficient (Wildman–Crippen LogP) is 2.06. The maximum absolute atomic E-state index is 12.0. The van der Waals surface area contributed by atoms with Crippen LogP contribution in [0.15, 0.2) is 48.5 Å². The first-order valence-electron chi connectivity index (χ1n) is 7.73. The Balaban J connectivity index is 1.60. The van der Waals surface area contributed by atoms with Crippen molar-refractivity contribution in [2.24, 2.45) is 5.14 Å². The highest BCUT2D eigenvalue weighted by Gasteiger charge is 2.11. The van der Waals surface area contributed by atoms with Gasteiger partial charge in [-0.3, -0.25) is 4.79 Å². The Labute approximate surface area is 146 Å². The Bertz CT molecular complexity index is 919. The zero-order valence-electron chi connectivity index (χ0n) is 13.4. The minimum Gasteiger partial charge on any atom is -0.493 e. The van der Waals surface area contributed by atoms with Gasteiger partial charge in [0.05, 0.1) is 12.4 Å². The molecule has 130 valence electrons. The standard InChI is InChI=1S/C18H18N2O4S/c19-25(22,23)12-14-1-5-16(6-2-14)20-18(21)8-4-13-3-7-17-15(11-13)9-10-24-17/h1-8,11H,9-10,12H2,(H,20,21)(H2,19,22,23)/b8-4+. The Morgan fingerprint density at radius 3 is 2.68 bits per heavy atom. The van der Waals surface area contributed by atoms with Crippen molar-refractivity contribution < 1.29 is 17.9 Å². The van der Waals surface area contributed by atoms with E-state index in [9.17, 15) is 13.2 Å². The molecule has 0 atom stereocenters. The summed E-state index contributed by atoms with van der Waals surface area (Å²) >= 11 is 0. The smallest absolute Gasteiger partial charge is 0.248 e. The third kappa shape index (κ3) is 4.91. The number of amides is 1. The number of benzene rings is 2. The Hall–Kier alpha value is -2.64. The van der Waals surface area contributed by atoms with Crippen LogP contribution in [0.3, 0.4) is 0 Å². The van der Waals surface area contributed by atoms with Gasteiger partial charge in [-0.05, 0) is 47.0 Å². The molecule has 0 unspecified atom stereocenters. The molecule has 3 rings (SSSR count). The van der Waals surface area contributed by atoms with Gasteiger partial charge < -0.3 is 10.1 Å². The number of carbonyl (C=O) groups is 1. The molecule has 1 amide bonds. The number of hydrogen-bond donors (Lipinski definition) is 2. The zero-order valence-corrected chi connectivity index (χ0v) is 14.3. The lowest BCUT2D eigenvalue weighted by molar-refractivity contribution is -0.111. The number of rotatable bonds is 5. The van der Waals surface area contributed by atoms with E-state index in [1.165, 1.54) is 6.08 Å². The SMILES string of the molecule is NS(=O)(=O)Cc1ccc(NC(=O)/C=C/c2ccc3c(c2)CCO3)cc1. The van der Waals surface area contributed by atoms with Crippen molar-refractivity contribution in [3.8, 4) is 5.75 Å². The number of nitrogens with one attached hydrogen (secondary N) is 1. The van der Waals surface area contributed by atoms with Gasteiger partial charge in [-0.1, -0.05) is 18.2 Å². The van der Waals surface area contributed by atoms with Gasteiger partial charge in [0.2, 0.25) is 15.9 Å². The number of sulfonamides is 1. The van der Waals surface area contributed by atoms with E-state index >= 15 is 0 Å². The molecule has 1 heterocycles. The van der Waals surface area contributed by atoms with Crippen LogP contribution in [-0.4, -0.2) is 20.9 Å². The molecule has 2 aromatic carbocycles. The van der Waals surface area contributed by atoms with Gasteiger partial charge in [0.15, 0.2) is 0 Å². The topological polar surface area (TPSA) is 98.5 Å². The van der Waals surface area contributed by atoms with Crippen LogP contribution in [0.4, 0.5) is 5.69 Å². The molecule has 1 aliphatic rings. The Kier molecular flexibility index (Phi) is 4.87. The first-order chi connectivity index (χ1) is 11.9. The van der Waals surface area contributed by atoms with Crippen LogP contribution >= 0.6 is 0 Å². The number of primary sulfonamides is 1. The molecule has 0 aliphatic carbocycles. The van der Waals surface area contributed by atoms with Crippen LogP contribution in [0, 0.1) is 0 Å². The van der Waals surface area contributed by atoms with Gasteiger partial charge in [0.25, 0.3) is 0 Å². The van der Waals surface area contributed by atoms with Gasteiger partial charge in [-0.2, -0.15) is 0 Å². The van der Waals surface area contributed by atoms with E-state index in [4.69, 9.17) is 9.88 Å². The van der Waals surface area contributed by atoms with Crippen LogP contribution in [0.1, 0.15) is 16.7 Å². The first-order valence-corrected chi connectivity index (χ1v) is 9.45. The summed E-state index contributed by atoms with van der Waals surface area (Å²) < 4.78 is 27.5. The van der Waals surface area contributed by atoms with E-state index in [2.05, 4.69) is 5.32 Å². The highest BCUT2D eigenvalue weighted by atomic mass is 32.2. The molecular formula is C18H18N2O4S. The van der Waals surface area contributed by atoms with Crippen LogP contribution < -0.4 is 15.2 Å². The van der Waals surface area contributed by atoms with Crippen molar-refractivity contribution in [3.63, 3.8) is 0 Å². The fourth-order valence-corrected chi connectivity index (χ4v) is 3.24. The lowest BCUT2D eigenvalue weighted by Crippen LogP contribution is -2.14. The number of anilines is 1. The van der Waals surface area contributed by atoms with Crippen molar-refractivity contribution in [2.75, 3.05) is 11.9 Å². The number of fused-ring (bicyclic) bond motifs is 1. The normalized spacial score (nSPS) is 13.5. The molecule has 1 aliphatic heterocycles. The molecule has 0 bridgehead atoms. The van der Waals surface area contributed by atoms with E-state index in [0.717, 1.165) is 23.3 Å². The minimum absolute atomic E-state index is 0.233. The van der Waals surface area contributed by atoms with Gasteiger partial charge in [-0.15, -0.1) is 0 Å². The summed E-state index contributed by atoms with van der Waals surface area (Å²) in [6.45, 7) is 0.699. The summed E-state index contributed by atoms with van der Waals surface area (Å²) in [7, 11) is -3.56. The molecule has 0 saturated carbocycles. The molecular weight excluding hydrogens is 340 g/mol. The van der Waals surface area contributed by atoms with Crippen LogP contribution in [0.5, 0.6) is 5.75 Å². The second kappa shape index (κ2) is 7.08. The van der Waals surface area contributed by atoms with E-state index in [1.54, 1.807) is 30.3 Å². The molecule has 3 N–H and O–H groups in total. The Morgan fingerprint density at radius 1 is 1.20 bits per heavy atom. The summed E-state index contributed by atoms with van der Waals surface area (Å²) in [5, 5.41) is 7.72. The number of ether oxygens (including phenoxy) is 1. The van der Waals surface area contributed by atoms with Crippen molar-refractivity contribution in [1.29, 1.82) is 0 Å². The second-order valence-electron chi connectivity index (χ2n) is 5.79. The van der Waals surface area contributed by atoms with Gasteiger partial charge in [0, 0.05) is 18.2 Å².